The van der Waals surface area contributed by atoms with Gasteiger partial charge in [0.1, 0.15) is 12.2 Å². The quantitative estimate of drug-likeness (QED) is 0.772. The van der Waals surface area contributed by atoms with E-state index in [9.17, 15) is 9.50 Å². The van der Waals surface area contributed by atoms with E-state index in [4.69, 9.17) is 26.2 Å². The van der Waals surface area contributed by atoms with E-state index in [0.29, 0.717) is 5.52 Å². The normalized spacial score (nSPS) is 29.2. The molecule has 10 heteroatoms. The number of fused-ring (bicyclic) bond motifs is 1. The second-order valence-electron chi connectivity index (χ2n) is 4.51. The highest BCUT2D eigenvalue weighted by Gasteiger charge is 2.45. The van der Waals surface area contributed by atoms with E-state index >= 15 is 0 Å². The number of aliphatic hydroxyl groups excluding tert-OH is 2. The van der Waals surface area contributed by atoms with Gasteiger partial charge in [-0.3, -0.25) is 4.57 Å². The van der Waals surface area contributed by atoms with Crippen LogP contribution in [-0.4, -0.2) is 61.8 Å². The van der Waals surface area contributed by atoms with Gasteiger partial charge in [-0.25, -0.2) is 9.37 Å². The van der Waals surface area contributed by atoms with Gasteiger partial charge in [0.15, 0.2) is 23.6 Å². The number of methoxy groups -OCH3 is 1. The van der Waals surface area contributed by atoms with Gasteiger partial charge in [0.2, 0.25) is 11.2 Å². The van der Waals surface area contributed by atoms with Crippen molar-refractivity contribution in [3.05, 3.63) is 11.6 Å². The van der Waals surface area contributed by atoms with E-state index in [1.807, 2.05) is 0 Å². The minimum atomic E-state index is -1.74. The van der Waals surface area contributed by atoms with Crippen LogP contribution in [0.15, 0.2) is 6.33 Å². The zero-order valence-electron chi connectivity index (χ0n) is 10.8. The van der Waals surface area contributed by atoms with E-state index in [-0.39, 0.29) is 16.8 Å². The monoisotopic (exact) mass is 318 g/mol. The van der Waals surface area contributed by atoms with Crippen molar-refractivity contribution in [1.82, 2.24) is 19.5 Å². The third-order valence-electron chi connectivity index (χ3n) is 3.30. The van der Waals surface area contributed by atoms with Gasteiger partial charge in [-0.15, -0.1) is 0 Å². The summed E-state index contributed by atoms with van der Waals surface area (Å²) < 4.78 is 25.8. The van der Waals surface area contributed by atoms with Crippen molar-refractivity contribution >= 4 is 22.8 Å². The standard InChI is InChI=1S/C11H12ClFN4O4/c1-20-9-6-8(15-11(12)16-9)17(3-14-6)10-5(13)7(19)4(2-18)21-10/h3-5,7,10,18-19H,2H2,1H3/t4-,5+,7-,10-/m1/s1. The molecule has 1 saturated heterocycles. The Morgan fingerprint density at radius 3 is 2.90 bits per heavy atom. The number of alkyl halides is 1. The van der Waals surface area contributed by atoms with Crippen LogP contribution in [0, 0.1) is 0 Å². The maximum absolute atomic E-state index is 14.2. The Morgan fingerprint density at radius 1 is 1.52 bits per heavy atom. The summed E-state index contributed by atoms with van der Waals surface area (Å²) in [6, 6.07) is 0. The van der Waals surface area contributed by atoms with Crippen molar-refractivity contribution < 1.29 is 24.1 Å². The number of ether oxygens (including phenoxy) is 2. The lowest BCUT2D eigenvalue weighted by molar-refractivity contribution is -0.0459. The molecule has 2 aromatic rings. The molecule has 0 bridgehead atoms. The molecule has 0 amide bonds. The molecular formula is C11H12ClFN4O4. The van der Waals surface area contributed by atoms with Crippen LogP contribution in [0.1, 0.15) is 6.23 Å². The van der Waals surface area contributed by atoms with Gasteiger partial charge in [0, 0.05) is 0 Å². The van der Waals surface area contributed by atoms with Crippen LogP contribution < -0.4 is 4.74 Å². The molecule has 3 heterocycles. The molecule has 2 aromatic heterocycles. The molecule has 0 aliphatic carbocycles. The molecule has 0 saturated carbocycles. The highest BCUT2D eigenvalue weighted by Crippen LogP contribution is 2.34. The summed E-state index contributed by atoms with van der Waals surface area (Å²) in [5.74, 6) is 0.149. The molecule has 0 radical (unpaired) electrons. The predicted molar refractivity (Wildman–Crippen MR) is 68.8 cm³/mol. The number of nitrogens with zero attached hydrogens (tertiary/aromatic N) is 4. The van der Waals surface area contributed by atoms with Crippen LogP contribution >= 0.6 is 11.6 Å². The topological polar surface area (TPSA) is 103 Å². The summed E-state index contributed by atoms with van der Waals surface area (Å²) >= 11 is 5.79. The van der Waals surface area contributed by atoms with E-state index in [0.717, 1.165) is 0 Å². The van der Waals surface area contributed by atoms with Gasteiger partial charge in [0.05, 0.1) is 20.0 Å². The third-order valence-corrected chi connectivity index (χ3v) is 3.47. The highest BCUT2D eigenvalue weighted by molar-refractivity contribution is 6.28. The summed E-state index contributed by atoms with van der Waals surface area (Å²) in [6.45, 7) is -0.496. The van der Waals surface area contributed by atoms with Crippen molar-refractivity contribution in [1.29, 1.82) is 0 Å². The molecule has 0 unspecified atom stereocenters. The lowest BCUT2D eigenvalue weighted by Gasteiger charge is -2.15. The Morgan fingerprint density at radius 2 is 2.29 bits per heavy atom. The Kier molecular flexibility index (Phi) is 3.66. The molecule has 1 fully saturated rings. The summed E-state index contributed by atoms with van der Waals surface area (Å²) in [4.78, 5) is 11.9. The zero-order valence-corrected chi connectivity index (χ0v) is 11.6. The smallest absolute Gasteiger partial charge is 0.246 e. The Balaban J connectivity index is 2.07. The van der Waals surface area contributed by atoms with E-state index in [2.05, 4.69) is 15.0 Å². The predicted octanol–water partition coefficient (Wildman–Crippen LogP) is 0.0770. The van der Waals surface area contributed by atoms with Crippen LogP contribution in [0.25, 0.3) is 11.2 Å². The summed E-state index contributed by atoms with van der Waals surface area (Å²) in [5.41, 5.74) is 0.505. The molecule has 114 valence electrons. The van der Waals surface area contributed by atoms with Crippen LogP contribution in [0.4, 0.5) is 4.39 Å². The van der Waals surface area contributed by atoms with Crippen LogP contribution in [0.3, 0.4) is 0 Å². The Hall–Kier alpha value is -1.55. The van der Waals surface area contributed by atoms with Crippen LogP contribution in [0.2, 0.25) is 5.28 Å². The Labute approximate surface area is 123 Å². The summed E-state index contributed by atoms with van der Waals surface area (Å²) in [5, 5.41) is 18.7. The number of halogens is 2. The lowest BCUT2D eigenvalue weighted by atomic mass is 10.1. The molecule has 0 aromatic carbocycles. The third kappa shape index (κ3) is 2.22. The fourth-order valence-corrected chi connectivity index (χ4v) is 2.43. The number of aromatic nitrogens is 4. The van der Waals surface area contributed by atoms with Crippen molar-refractivity contribution in [2.45, 2.75) is 24.6 Å². The second-order valence-corrected chi connectivity index (χ2v) is 4.85. The van der Waals surface area contributed by atoms with E-state index in [1.54, 1.807) is 0 Å². The Bertz CT molecular complexity index is 669. The van der Waals surface area contributed by atoms with Gasteiger partial charge in [-0.1, -0.05) is 0 Å². The number of aliphatic hydroxyl groups is 2. The average Bonchev–Trinajstić information content (AvgIpc) is 3.01. The molecule has 3 rings (SSSR count). The summed E-state index contributed by atoms with van der Waals surface area (Å²) in [6.07, 6.45) is -4.06. The van der Waals surface area contributed by atoms with Crippen LogP contribution in [0.5, 0.6) is 5.88 Å². The largest absolute Gasteiger partial charge is 0.479 e. The van der Waals surface area contributed by atoms with Crippen molar-refractivity contribution in [2.24, 2.45) is 0 Å². The number of hydrogen-bond acceptors (Lipinski definition) is 7. The van der Waals surface area contributed by atoms with Crippen molar-refractivity contribution in [3.8, 4) is 5.88 Å². The number of rotatable bonds is 3. The van der Waals surface area contributed by atoms with E-state index < -0.39 is 31.2 Å². The number of hydrogen-bond donors (Lipinski definition) is 2. The first-order valence-electron chi connectivity index (χ1n) is 6.09. The van der Waals surface area contributed by atoms with Gasteiger partial charge >= 0.3 is 0 Å². The molecule has 1 aliphatic rings. The zero-order chi connectivity index (χ0) is 15.1. The maximum Gasteiger partial charge on any atom is 0.246 e. The van der Waals surface area contributed by atoms with E-state index in [1.165, 1.54) is 18.0 Å². The van der Waals surface area contributed by atoms with Crippen LogP contribution in [-0.2, 0) is 4.74 Å². The van der Waals surface area contributed by atoms with Crippen molar-refractivity contribution in [2.75, 3.05) is 13.7 Å². The maximum atomic E-state index is 14.2. The average molecular weight is 319 g/mol. The molecule has 21 heavy (non-hydrogen) atoms. The molecular weight excluding hydrogens is 307 g/mol. The molecule has 1 aliphatic heterocycles. The molecule has 0 spiro atoms. The summed E-state index contributed by atoms with van der Waals surface area (Å²) in [7, 11) is 1.40. The van der Waals surface area contributed by atoms with Gasteiger partial charge in [0.25, 0.3) is 0 Å². The SMILES string of the molecule is COc1nc(Cl)nc2c1ncn2[C@@H]1O[C@H](CO)[C@@H](O)[C@@H]1F. The lowest BCUT2D eigenvalue weighted by Crippen LogP contribution is -2.30. The first kappa shape index (κ1) is 14.4. The fourth-order valence-electron chi connectivity index (χ4n) is 2.27. The van der Waals surface area contributed by atoms with Gasteiger partial charge in [-0.05, 0) is 11.6 Å². The first-order valence-corrected chi connectivity index (χ1v) is 6.47. The fraction of sp³-hybridized carbons (Fsp3) is 0.545. The number of imidazole rings is 1. The van der Waals surface area contributed by atoms with Gasteiger partial charge in [-0.2, -0.15) is 9.97 Å². The van der Waals surface area contributed by atoms with Gasteiger partial charge < -0.3 is 19.7 Å². The molecule has 4 atom stereocenters. The first-order chi connectivity index (χ1) is 10.1. The van der Waals surface area contributed by atoms with Crippen molar-refractivity contribution in [3.63, 3.8) is 0 Å². The second kappa shape index (κ2) is 5.34. The minimum absolute atomic E-state index is 0.0891. The molecule has 2 N–H and O–H groups in total. The highest BCUT2D eigenvalue weighted by atomic mass is 35.5. The minimum Gasteiger partial charge on any atom is -0.479 e. The molecule has 8 nitrogen and oxygen atoms in total.